The lowest BCUT2D eigenvalue weighted by molar-refractivity contribution is -0.185. The average Bonchev–Trinajstić information content (AvgIpc) is 2.90. The Morgan fingerprint density at radius 3 is 2.13 bits per heavy atom. The molecule has 0 atom stereocenters. The fourth-order valence-corrected chi connectivity index (χ4v) is 3.31. The molecule has 0 bridgehead atoms. The van der Waals surface area contributed by atoms with Crippen molar-refractivity contribution in [1.29, 1.82) is 0 Å². The van der Waals surface area contributed by atoms with Gasteiger partial charge in [-0.1, -0.05) is 18.4 Å². The van der Waals surface area contributed by atoms with E-state index in [0.29, 0.717) is 18.9 Å². The second-order valence-electron chi connectivity index (χ2n) is 6.34. The second-order valence-corrected chi connectivity index (χ2v) is 6.34. The molecule has 1 saturated carbocycles. The summed E-state index contributed by atoms with van der Waals surface area (Å²) >= 11 is 0. The molecule has 23 heavy (non-hydrogen) atoms. The Hall–Kier alpha value is -1.53. The molecular formula is C16H23F3N2O2. The number of alkyl halides is 3. The van der Waals surface area contributed by atoms with E-state index in [9.17, 15) is 22.8 Å². The highest BCUT2D eigenvalue weighted by Gasteiger charge is 2.42. The summed E-state index contributed by atoms with van der Waals surface area (Å²) in [6, 6.07) is 0. The quantitative estimate of drug-likeness (QED) is 0.730. The van der Waals surface area contributed by atoms with Crippen LogP contribution in [0.2, 0.25) is 0 Å². The van der Waals surface area contributed by atoms with Crippen LogP contribution in [0.15, 0.2) is 11.6 Å². The van der Waals surface area contributed by atoms with Crippen molar-refractivity contribution in [2.45, 2.75) is 45.2 Å². The monoisotopic (exact) mass is 332 g/mol. The van der Waals surface area contributed by atoms with Crippen LogP contribution in [0.3, 0.4) is 0 Å². The molecule has 1 aliphatic carbocycles. The summed E-state index contributed by atoms with van der Waals surface area (Å²) in [5.74, 6) is -1.52. The predicted octanol–water partition coefficient (Wildman–Crippen LogP) is 2.75. The normalized spacial score (nSPS) is 21.5. The summed E-state index contributed by atoms with van der Waals surface area (Å²) in [6.45, 7) is 2.45. The van der Waals surface area contributed by atoms with E-state index in [4.69, 9.17) is 0 Å². The van der Waals surface area contributed by atoms with Crippen molar-refractivity contribution < 1.29 is 22.8 Å². The molecule has 2 fully saturated rings. The van der Waals surface area contributed by atoms with Crippen molar-refractivity contribution in [3.8, 4) is 0 Å². The van der Waals surface area contributed by atoms with E-state index in [1.165, 1.54) is 12.8 Å². The second kappa shape index (κ2) is 7.36. The third kappa shape index (κ3) is 4.72. The van der Waals surface area contributed by atoms with Gasteiger partial charge in [0.25, 0.3) is 0 Å². The van der Waals surface area contributed by atoms with Crippen LogP contribution in [0.1, 0.15) is 39.0 Å². The van der Waals surface area contributed by atoms with E-state index in [-0.39, 0.29) is 25.5 Å². The number of rotatable bonds is 2. The van der Waals surface area contributed by atoms with Crippen molar-refractivity contribution in [3.05, 3.63) is 11.6 Å². The zero-order chi connectivity index (χ0) is 17.0. The molecule has 1 saturated heterocycles. The lowest BCUT2D eigenvalue weighted by Gasteiger charge is -2.22. The number of nitrogens with zero attached hydrogens (tertiary/aromatic N) is 2. The average molecular weight is 332 g/mol. The van der Waals surface area contributed by atoms with Gasteiger partial charge in [-0.2, -0.15) is 13.2 Å². The summed E-state index contributed by atoms with van der Waals surface area (Å²) < 4.78 is 37.5. The molecule has 0 N–H and O–H groups in total. The minimum absolute atomic E-state index is 0.0352. The lowest BCUT2D eigenvalue weighted by atomic mass is 9.98. The van der Waals surface area contributed by atoms with Gasteiger partial charge in [0.2, 0.25) is 5.91 Å². The number of amides is 2. The number of halogens is 3. The van der Waals surface area contributed by atoms with Crippen LogP contribution in [0.25, 0.3) is 0 Å². The Labute approximate surface area is 134 Å². The van der Waals surface area contributed by atoms with E-state index in [2.05, 4.69) is 0 Å². The van der Waals surface area contributed by atoms with Crippen LogP contribution in [0.5, 0.6) is 0 Å². The SMILES string of the molecule is C/C(=C\C(=O)N1CCCN(C(=O)C(F)(F)F)CC1)C1CCCC1. The van der Waals surface area contributed by atoms with Gasteiger partial charge in [-0.15, -0.1) is 0 Å². The molecule has 0 spiro atoms. The van der Waals surface area contributed by atoms with E-state index >= 15 is 0 Å². The van der Waals surface area contributed by atoms with Gasteiger partial charge < -0.3 is 9.80 Å². The lowest BCUT2D eigenvalue weighted by Crippen LogP contribution is -2.43. The molecule has 0 aromatic carbocycles. The minimum Gasteiger partial charge on any atom is -0.337 e. The first-order valence-electron chi connectivity index (χ1n) is 8.12. The van der Waals surface area contributed by atoms with Crippen LogP contribution >= 0.6 is 0 Å². The Bertz CT molecular complexity index is 482. The predicted molar refractivity (Wildman–Crippen MR) is 79.5 cm³/mol. The molecule has 2 amide bonds. The summed E-state index contributed by atoms with van der Waals surface area (Å²) in [7, 11) is 0. The van der Waals surface area contributed by atoms with Gasteiger partial charge in [0.15, 0.2) is 0 Å². The summed E-state index contributed by atoms with van der Waals surface area (Å²) in [5, 5.41) is 0. The van der Waals surface area contributed by atoms with E-state index < -0.39 is 12.1 Å². The van der Waals surface area contributed by atoms with Gasteiger partial charge in [-0.05, 0) is 32.1 Å². The van der Waals surface area contributed by atoms with Crippen LogP contribution in [0, 0.1) is 5.92 Å². The molecule has 0 aromatic heterocycles. The molecule has 0 radical (unpaired) electrons. The molecule has 0 unspecified atom stereocenters. The van der Waals surface area contributed by atoms with E-state index in [0.717, 1.165) is 23.3 Å². The van der Waals surface area contributed by atoms with Crippen LogP contribution < -0.4 is 0 Å². The van der Waals surface area contributed by atoms with Crippen molar-refractivity contribution in [2.75, 3.05) is 26.2 Å². The number of hydrogen-bond donors (Lipinski definition) is 0. The minimum atomic E-state index is -4.85. The first-order valence-corrected chi connectivity index (χ1v) is 8.12. The van der Waals surface area contributed by atoms with Crippen LogP contribution in [-0.2, 0) is 9.59 Å². The standard InChI is InChI=1S/C16H23F3N2O2/c1-12(13-5-2-3-6-13)11-14(22)20-7-4-8-21(10-9-20)15(23)16(17,18)19/h11,13H,2-10H2,1H3/b12-11+. The zero-order valence-electron chi connectivity index (χ0n) is 13.4. The molecule has 0 aromatic rings. The molecule has 130 valence electrons. The van der Waals surface area contributed by atoms with Gasteiger partial charge in [0.1, 0.15) is 0 Å². The van der Waals surface area contributed by atoms with Gasteiger partial charge in [0, 0.05) is 32.3 Å². The first-order chi connectivity index (χ1) is 10.8. The highest BCUT2D eigenvalue weighted by molar-refractivity contribution is 5.88. The molecule has 2 aliphatic rings. The molecule has 1 aliphatic heterocycles. The first kappa shape index (κ1) is 17.8. The number of hydrogen-bond acceptors (Lipinski definition) is 2. The Kier molecular flexibility index (Phi) is 5.70. The van der Waals surface area contributed by atoms with Gasteiger partial charge in [-0.3, -0.25) is 9.59 Å². The van der Waals surface area contributed by atoms with Gasteiger partial charge >= 0.3 is 12.1 Å². The Balaban J connectivity index is 1.93. The van der Waals surface area contributed by atoms with Crippen molar-refractivity contribution >= 4 is 11.8 Å². The number of carbonyl (C=O) groups is 2. The molecule has 4 nitrogen and oxygen atoms in total. The van der Waals surface area contributed by atoms with Crippen molar-refractivity contribution in [1.82, 2.24) is 9.80 Å². The van der Waals surface area contributed by atoms with E-state index in [1.807, 2.05) is 6.92 Å². The van der Waals surface area contributed by atoms with Crippen LogP contribution in [0.4, 0.5) is 13.2 Å². The highest BCUT2D eigenvalue weighted by Crippen LogP contribution is 2.30. The maximum Gasteiger partial charge on any atom is 0.471 e. The summed E-state index contributed by atoms with van der Waals surface area (Å²) in [5.41, 5.74) is 1.06. The third-order valence-corrected chi connectivity index (χ3v) is 4.69. The molecule has 7 heteroatoms. The Morgan fingerprint density at radius 1 is 0.957 bits per heavy atom. The van der Waals surface area contributed by atoms with Crippen molar-refractivity contribution in [3.63, 3.8) is 0 Å². The van der Waals surface area contributed by atoms with Gasteiger partial charge in [0.05, 0.1) is 0 Å². The smallest absolute Gasteiger partial charge is 0.337 e. The topological polar surface area (TPSA) is 40.6 Å². The summed E-state index contributed by atoms with van der Waals surface area (Å²) in [4.78, 5) is 25.9. The fourth-order valence-electron chi connectivity index (χ4n) is 3.31. The summed E-state index contributed by atoms with van der Waals surface area (Å²) in [6.07, 6.45) is 1.71. The number of carbonyl (C=O) groups excluding carboxylic acids is 2. The largest absolute Gasteiger partial charge is 0.471 e. The van der Waals surface area contributed by atoms with Crippen molar-refractivity contribution in [2.24, 2.45) is 5.92 Å². The third-order valence-electron chi connectivity index (χ3n) is 4.69. The zero-order valence-corrected chi connectivity index (χ0v) is 13.4. The molecule has 1 heterocycles. The maximum absolute atomic E-state index is 12.5. The molecule has 2 rings (SSSR count). The maximum atomic E-state index is 12.5. The van der Waals surface area contributed by atoms with Gasteiger partial charge in [-0.25, -0.2) is 0 Å². The highest BCUT2D eigenvalue weighted by atomic mass is 19.4. The Morgan fingerprint density at radius 2 is 1.52 bits per heavy atom. The van der Waals surface area contributed by atoms with E-state index in [1.54, 1.807) is 11.0 Å². The molecular weight excluding hydrogens is 309 g/mol. The van der Waals surface area contributed by atoms with Crippen LogP contribution in [-0.4, -0.2) is 54.0 Å². The number of allylic oxidation sites excluding steroid dienone is 1. The fraction of sp³-hybridized carbons (Fsp3) is 0.750.